The Bertz CT molecular complexity index is 468. The smallest absolute Gasteiger partial charge is 0.356 e. The number of carboxylic acid groups (broad SMARTS) is 1. The molecule has 104 valence electrons. The van der Waals surface area contributed by atoms with Crippen molar-refractivity contribution in [3.63, 3.8) is 0 Å². The predicted octanol–water partition coefficient (Wildman–Crippen LogP) is 1.05. The van der Waals surface area contributed by atoms with Gasteiger partial charge in [-0.3, -0.25) is 0 Å². The lowest BCUT2D eigenvalue weighted by Gasteiger charge is -2.34. The van der Waals surface area contributed by atoms with Gasteiger partial charge in [-0.2, -0.15) is 0 Å². The summed E-state index contributed by atoms with van der Waals surface area (Å²) in [5, 5.41) is 9.33. The Morgan fingerprint density at radius 3 is 2.47 bits per heavy atom. The highest BCUT2D eigenvalue weighted by atomic mass is 16.4. The van der Waals surface area contributed by atoms with Crippen LogP contribution in [-0.2, 0) is 0 Å². The normalized spacial score (nSPS) is 16.9. The van der Waals surface area contributed by atoms with E-state index in [1.165, 1.54) is 0 Å². The highest BCUT2D eigenvalue weighted by molar-refractivity contribution is 5.92. The molecule has 0 amide bonds. The summed E-state index contributed by atoms with van der Waals surface area (Å²) in [5.74, 6) is -0.284. The molecule has 1 N–H and O–H groups in total. The van der Waals surface area contributed by atoms with Crippen molar-refractivity contribution in [2.45, 2.75) is 19.8 Å². The zero-order valence-electron chi connectivity index (χ0n) is 11.6. The van der Waals surface area contributed by atoms with E-state index in [9.17, 15) is 9.90 Å². The fraction of sp³-hybridized carbons (Fsp3) is 0.615. The van der Waals surface area contributed by atoms with Crippen molar-refractivity contribution in [1.29, 1.82) is 0 Å². The van der Waals surface area contributed by atoms with E-state index >= 15 is 0 Å². The van der Waals surface area contributed by atoms with Gasteiger partial charge >= 0.3 is 5.97 Å². The largest absolute Gasteiger partial charge is 0.476 e. The van der Waals surface area contributed by atoms with Crippen molar-refractivity contribution in [2.75, 3.05) is 38.1 Å². The Morgan fingerprint density at radius 1 is 1.32 bits per heavy atom. The van der Waals surface area contributed by atoms with Crippen LogP contribution in [0.15, 0.2) is 6.20 Å². The summed E-state index contributed by atoms with van der Waals surface area (Å²) in [4.78, 5) is 24.1. The zero-order valence-corrected chi connectivity index (χ0v) is 11.6. The Balaban J connectivity index is 2.31. The second-order valence-corrected chi connectivity index (χ2v) is 5.21. The summed E-state index contributed by atoms with van der Waals surface area (Å²) < 4.78 is 0. The Labute approximate surface area is 113 Å². The highest BCUT2D eigenvalue weighted by Gasteiger charge is 2.22. The van der Waals surface area contributed by atoms with Crippen LogP contribution in [0.2, 0.25) is 0 Å². The number of piperazine rings is 1. The van der Waals surface area contributed by atoms with Gasteiger partial charge in [-0.25, -0.2) is 14.8 Å². The number of hydrogen-bond acceptors (Lipinski definition) is 5. The molecule has 6 nitrogen and oxygen atoms in total. The maximum absolute atomic E-state index is 11.4. The molecule has 1 aromatic rings. The van der Waals surface area contributed by atoms with Crippen LogP contribution in [0.5, 0.6) is 0 Å². The first kappa shape index (κ1) is 13.7. The van der Waals surface area contributed by atoms with E-state index in [0.717, 1.165) is 26.2 Å². The minimum Gasteiger partial charge on any atom is -0.476 e. The number of aromatic carboxylic acids is 1. The number of aromatic nitrogens is 2. The molecule has 2 heterocycles. The van der Waals surface area contributed by atoms with Crippen molar-refractivity contribution in [2.24, 2.45) is 0 Å². The first-order valence-electron chi connectivity index (χ1n) is 6.52. The van der Waals surface area contributed by atoms with Crippen LogP contribution in [0.3, 0.4) is 0 Å². The van der Waals surface area contributed by atoms with Gasteiger partial charge in [-0.15, -0.1) is 0 Å². The molecule has 1 aliphatic heterocycles. The van der Waals surface area contributed by atoms with Crippen molar-refractivity contribution in [3.8, 4) is 0 Å². The number of carboxylic acids is 1. The van der Waals surface area contributed by atoms with E-state index in [0.29, 0.717) is 11.5 Å². The van der Waals surface area contributed by atoms with Gasteiger partial charge in [0, 0.05) is 32.1 Å². The van der Waals surface area contributed by atoms with E-state index in [2.05, 4.69) is 21.9 Å². The minimum atomic E-state index is -0.988. The molecular formula is C13H20N4O2. The lowest BCUT2D eigenvalue weighted by molar-refractivity contribution is 0.0690. The molecule has 0 aromatic carbocycles. The SMILES string of the molecule is CC(C)c1ncc(N2CCN(C)CC2)c(C(=O)O)n1. The number of rotatable bonds is 3. The van der Waals surface area contributed by atoms with Crippen LogP contribution >= 0.6 is 0 Å². The molecule has 1 aromatic heterocycles. The number of anilines is 1. The topological polar surface area (TPSA) is 69.6 Å². The van der Waals surface area contributed by atoms with Gasteiger partial charge in [0.2, 0.25) is 0 Å². The van der Waals surface area contributed by atoms with E-state index in [4.69, 9.17) is 0 Å². The second kappa shape index (κ2) is 5.52. The molecule has 0 radical (unpaired) electrons. The van der Waals surface area contributed by atoms with Crippen LogP contribution in [-0.4, -0.2) is 59.2 Å². The van der Waals surface area contributed by atoms with Crippen molar-refractivity contribution in [1.82, 2.24) is 14.9 Å². The molecule has 1 fully saturated rings. The maximum atomic E-state index is 11.4. The van der Waals surface area contributed by atoms with Crippen molar-refractivity contribution in [3.05, 3.63) is 17.7 Å². The zero-order chi connectivity index (χ0) is 14.0. The first-order valence-corrected chi connectivity index (χ1v) is 6.52. The Kier molecular flexibility index (Phi) is 3.99. The molecule has 0 aliphatic carbocycles. The molecule has 6 heteroatoms. The van der Waals surface area contributed by atoms with Crippen molar-refractivity contribution >= 4 is 11.7 Å². The number of likely N-dealkylation sites (N-methyl/N-ethyl adjacent to an activating group) is 1. The van der Waals surface area contributed by atoms with Gasteiger partial charge < -0.3 is 14.9 Å². The summed E-state index contributed by atoms with van der Waals surface area (Å²) >= 11 is 0. The molecule has 2 rings (SSSR count). The summed E-state index contributed by atoms with van der Waals surface area (Å²) in [5.41, 5.74) is 0.744. The maximum Gasteiger partial charge on any atom is 0.356 e. The van der Waals surface area contributed by atoms with Crippen LogP contribution in [0.1, 0.15) is 36.1 Å². The fourth-order valence-electron chi connectivity index (χ4n) is 2.10. The van der Waals surface area contributed by atoms with Gasteiger partial charge in [-0.05, 0) is 7.05 Å². The summed E-state index contributed by atoms with van der Waals surface area (Å²) in [6, 6.07) is 0. The predicted molar refractivity (Wildman–Crippen MR) is 72.8 cm³/mol. The van der Waals surface area contributed by atoms with Crippen molar-refractivity contribution < 1.29 is 9.90 Å². The third kappa shape index (κ3) is 3.01. The Morgan fingerprint density at radius 2 is 1.95 bits per heavy atom. The molecule has 1 saturated heterocycles. The highest BCUT2D eigenvalue weighted by Crippen LogP contribution is 2.21. The van der Waals surface area contributed by atoms with Crippen LogP contribution in [0.4, 0.5) is 5.69 Å². The molecule has 0 spiro atoms. The monoisotopic (exact) mass is 264 g/mol. The summed E-state index contributed by atoms with van der Waals surface area (Å²) in [6.45, 7) is 7.37. The molecule has 0 bridgehead atoms. The lowest BCUT2D eigenvalue weighted by atomic mass is 10.2. The quantitative estimate of drug-likeness (QED) is 0.880. The first-order chi connectivity index (χ1) is 8.99. The van der Waals surface area contributed by atoms with Crippen LogP contribution < -0.4 is 4.90 Å². The number of hydrogen-bond donors (Lipinski definition) is 1. The lowest BCUT2D eigenvalue weighted by Crippen LogP contribution is -2.45. The fourth-order valence-corrected chi connectivity index (χ4v) is 2.10. The average Bonchev–Trinajstić information content (AvgIpc) is 2.38. The molecule has 0 unspecified atom stereocenters. The molecular weight excluding hydrogens is 244 g/mol. The van der Waals surface area contributed by atoms with Gasteiger partial charge in [0.1, 0.15) is 5.82 Å². The molecule has 1 aliphatic rings. The molecule has 19 heavy (non-hydrogen) atoms. The van der Waals surface area contributed by atoms with E-state index in [1.807, 2.05) is 18.7 Å². The van der Waals surface area contributed by atoms with Crippen LogP contribution in [0.25, 0.3) is 0 Å². The third-order valence-corrected chi connectivity index (χ3v) is 3.35. The minimum absolute atomic E-state index is 0.114. The number of nitrogens with zero attached hydrogens (tertiary/aromatic N) is 4. The summed E-state index contributed by atoms with van der Waals surface area (Å²) in [6.07, 6.45) is 1.65. The van der Waals surface area contributed by atoms with Gasteiger partial charge in [0.25, 0.3) is 0 Å². The van der Waals surface area contributed by atoms with Gasteiger partial charge in [0.05, 0.1) is 11.9 Å². The van der Waals surface area contributed by atoms with E-state index in [-0.39, 0.29) is 11.6 Å². The summed E-state index contributed by atoms with van der Waals surface area (Å²) in [7, 11) is 2.06. The standard InChI is InChI=1S/C13H20N4O2/c1-9(2)12-14-8-10(11(15-12)13(18)19)17-6-4-16(3)5-7-17/h8-9H,4-7H2,1-3H3,(H,18,19). The average molecular weight is 264 g/mol. The third-order valence-electron chi connectivity index (χ3n) is 3.35. The second-order valence-electron chi connectivity index (χ2n) is 5.21. The molecule has 0 atom stereocenters. The number of carbonyl (C=O) groups is 1. The van der Waals surface area contributed by atoms with Gasteiger partial charge in [0.15, 0.2) is 5.69 Å². The van der Waals surface area contributed by atoms with Crippen LogP contribution in [0, 0.1) is 0 Å². The van der Waals surface area contributed by atoms with E-state index < -0.39 is 5.97 Å². The van der Waals surface area contributed by atoms with E-state index in [1.54, 1.807) is 6.20 Å². The van der Waals surface area contributed by atoms with Gasteiger partial charge in [-0.1, -0.05) is 13.8 Å². The Hall–Kier alpha value is -1.69. The molecule has 0 saturated carbocycles.